The van der Waals surface area contributed by atoms with E-state index in [-0.39, 0.29) is 11.7 Å². The summed E-state index contributed by atoms with van der Waals surface area (Å²) in [5.74, 6) is -0.467. The van der Waals surface area contributed by atoms with Gasteiger partial charge in [-0.1, -0.05) is 18.2 Å². The molecule has 0 spiro atoms. The first kappa shape index (κ1) is 12.3. The first-order valence-electron chi connectivity index (χ1n) is 5.69. The van der Waals surface area contributed by atoms with Crippen molar-refractivity contribution < 1.29 is 9.18 Å². The van der Waals surface area contributed by atoms with Gasteiger partial charge >= 0.3 is 0 Å². The highest BCUT2D eigenvalue weighted by atomic mass is 19.1. The molecule has 0 heterocycles. The zero-order valence-corrected chi connectivity index (χ0v) is 10.4. The highest BCUT2D eigenvalue weighted by Gasteiger charge is 2.15. The van der Waals surface area contributed by atoms with Gasteiger partial charge in [0.1, 0.15) is 5.82 Å². The largest absolute Gasteiger partial charge is 0.311 e. The number of para-hydroxylation sites is 1. The highest BCUT2D eigenvalue weighted by molar-refractivity contribution is 6.06. The van der Waals surface area contributed by atoms with Crippen LogP contribution >= 0.6 is 0 Å². The van der Waals surface area contributed by atoms with Gasteiger partial charge in [0.15, 0.2) is 0 Å². The Hall–Kier alpha value is -2.16. The summed E-state index contributed by atoms with van der Waals surface area (Å²) in [6.07, 6.45) is 0. The normalized spacial score (nSPS) is 10.2. The molecule has 2 rings (SSSR count). The average Bonchev–Trinajstić information content (AvgIpc) is 2.38. The fourth-order valence-corrected chi connectivity index (χ4v) is 1.82. The second-order valence-electron chi connectivity index (χ2n) is 4.16. The Morgan fingerprint density at radius 3 is 2.39 bits per heavy atom. The summed E-state index contributed by atoms with van der Waals surface area (Å²) in [5, 5.41) is 0. The molecule has 0 atom stereocenters. The Morgan fingerprint density at radius 1 is 1.11 bits per heavy atom. The van der Waals surface area contributed by atoms with Crippen LogP contribution in [0.1, 0.15) is 15.9 Å². The maximum atomic E-state index is 13.0. The third-order valence-corrected chi connectivity index (χ3v) is 2.87. The zero-order valence-electron chi connectivity index (χ0n) is 10.4. The van der Waals surface area contributed by atoms with E-state index in [1.807, 2.05) is 30.3 Å². The van der Waals surface area contributed by atoms with Crippen molar-refractivity contribution in [2.24, 2.45) is 0 Å². The van der Waals surface area contributed by atoms with E-state index >= 15 is 0 Å². The van der Waals surface area contributed by atoms with Crippen molar-refractivity contribution >= 4 is 11.6 Å². The lowest BCUT2D eigenvalue weighted by atomic mass is 10.1. The van der Waals surface area contributed by atoms with Crippen LogP contribution in [-0.2, 0) is 0 Å². The van der Waals surface area contributed by atoms with E-state index in [2.05, 4.69) is 0 Å². The second-order valence-corrected chi connectivity index (χ2v) is 4.16. The predicted octanol–water partition coefficient (Wildman–Crippen LogP) is 3.41. The summed E-state index contributed by atoms with van der Waals surface area (Å²) in [4.78, 5) is 13.8. The molecule has 0 saturated heterocycles. The number of hydrogen-bond donors (Lipinski definition) is 0. The van der Waals surface area contributed by atoms with Crippen molar-refractivity contribution in [3.8, 4) is 0 Å². The number of benzene rings is 2. The van der Waals surface area contributed by atoms with Crippen molar-refractivity contribution in [3.63, 3.8) is 0 Å². The van der Waals surface area contributed by atoms with Crippen molar-refractivity contribution in [3.05, 3.63) is 65.5 Å². The molecule has 0 fully saturated rings. The van der Waals surface area contributed by atoms with Crippen molar-refractivity contribution in [2.75, 3.05) is 11.9 Å². The molecule has 0 saturated carbocycles. The summed E-state index contributed by atoms with van der Waals surface area (Å²) in [6, 6.07) is 13.5. The van der Waals surface area contributed by atoms with Crippen LogP contribution in [0.5, 0.6) is 0 Å². The number of hydrogen-bond acceptors (Lipinski definition) is 1. The molecular formula is C15H14FNO. The van der Waals surface area contributed by atoms with Crippen molar-refractivity contribution in [1.29, 1.82) is 0 Å². The van der Waals surface area contributed by atoms with Crippen LogP contribution in [0.25, 0.3) is 0 Å². The molecule has 0 aromatic heterocycles. The molecule has 3 heteroatoms. The number of carbonyl (C=O) groups is 1. The predicted molar refractivity (Wildman–Crippen MR) is 70.3 cm³/mol. The van der Waals surface area contributed by atoms with E-state index in [1.54, 1.807) is 18.9 Å². The lowest BCUT2D eigenvalue weighted by molar-refractivity contribution is 0.0992. The smallest absolute Gasteiger partial charge is 0.258 e. The van der Waals surface area contributed by atoms with Gasteiger partial charge in [0, 0.05) is 18.3 Å². The van der Waals surface area contributed by atoms with Crippen LogP contribution in [0, 0.1) is 12.7 Å². The van der Waals surface area contributed by atoms with E-state index in [0.29, 0.717) is 11.1 Å². The summed E-state index contributed by atoms with van der Waals surface area (Å²) in [7, 11) is 1.71. The Kier molecular flexibility index (Phi) is 3.42. The Morgan fingerprint density at radius 2 is 1.78 bits per heavy atom. The van der Waals surface area contributed by atoms with Crippen LogP contribution in [0.3, 0.4) is 0 Å². The first-order valence-corrected chi connectivity index (χ1v) is 5.69. The number of halogens is 1. The summed E-state index contributed by atoms with van der Waals surface area (Å²) in [6.45, 7) is 1.73. The molecule has 1 amide bonds. The third kappa shape index (κ3) is 2.40. The molecule has 0 bridgehead atoms. The Balaban J connectivity index is 2.32. The SMILES string of the molecule is Cc1cc(F)ccc1C(=O)N(C)c1ccccc1. The van der Waals surface area contributed by atoms with Gasteiger partial charge in [-0.2, -0.15) is 0 Å². The van der Waals surface area contributed by atoms with E-state index in [4.69, 9.17) is 0 Å². The van der Waals surface area contributed by atoms with Crippen molar-refractivity contribution in [1.82, 2.24) is 0 Å². The third-order valence-electron chi connectivity index (χ3n) is 2.87. The summed E-state index contributed by atoms with van der Waals surface area (Å²) >= 11 is 0. The quantitative estimate of drug-likeness (QED) is 0.791. The van der Waals surface area contributed by atoms with Gasteiger partial charge in [0.25, 0.3) is 5.91 Å². The van der Waals surface area contributed by atoms with Crippen LogP contribution < -0.4 is 4.90 Å². The number of nitrogens with zero attached hydrogens (tertiary/aromatic N) is 1. The second kappa shape index (κ2) is 5.00. The molecule has 0 aliphatic carbocycles. The fraction of sp³-hybridized carbons (Fsp3) is 0.133. The number of rotatable bonds is 2. The highest BCUT2D eigenvalue weighted by Crippen LogP contribution is 2.17. The molecule has 2 aromatic rings. The maximum absolute atomic E-state index is 13.0. The number of anilines is 1. The number of aryl methyl sites for hydroxylation is 1. The molecule has 2 aromatic carbocycles. The van der Waals surface area contributed by atoms with E-state index < -0.39 is 0 Å². The molecule has 0 unspecified atom stereocenters. The molecule has 0 aliphatic rings. The van der Waals surface area contributed by atoms with E-state index in [9.17, 15) is 9.18 Å². The summed E-state index contributed by atoms with van der Waals surface area (Å²) in [5.41, 5.74) is 1.97. The molecule has 2 nitrogen and oxygen atoms in total. The molecule has 18 heavy (non-hydrogen) atoms. The van der Waals surface area contributed by atoms with Gasteiger partial charge in [-0.3, -0.25) is 4.79 Å². The fourth-order valence-electron chi connectivity index (χ4n) is 1.82. The van der Waals surface area contributed by atoms with Crippen LogP contribution in [0.15, 0.2) is 48.5 Å². The first-order chi connectivity index (χ1) is 8.59. The van der Waals surface area contributed by atoms with Crippen molar-refractivity contribution in [2.45, 2.75) is 6.92 Å². The van der Waals surface area contributed by atoms with Gasteiger partial charge in [0.05, 0.1) is 0 Å². The maximum Gasteiger partial charge on any atom is 0.258 e. The molecule has 92 valence electrons. The number of amides is 1. The monoisotopic (exact) mass is 243 g/mol. The van der Waals surface area contributed by atoms with E-state index in [1.165, 1.54) is 18.2 Å². The standard InChI is InChI=1S/C15H14FNO/c1-11-10-12(16)8-9-14(11)15(18)17(2)13-6-4-3-5-7-13/h3-10H,1-2H3. The summed E-state index contributed by atoms with van der Waals surface area (Å²) < 4.78 is 13.0. The lowest BCUT2D eigenvalue weighted by Gasteiger charge is -2.18. The van der Waals surface area contributed by atoms with Gasteiger partial charge in [-0.25, -0.2) is 4.39 Å². The van der Waals surface area contributed by atoms with Crippen LogP contribution in [0.4, 0.5) is 10.1 Å². The van der Waals surface area contributed by atoms with Gasteiger partial charge < -0.3 is 4.90 Å². The Bertz CT molecular complexity index is 566. The molecule has 0 N–H and O–H groups in total. The van der Waals surface area contributed by atoms with Gasteiger partial charge in [-0.15, -0.1) is 0 Å². The van der Waals surface area contributed by atoms with Gasteiger partial charge in [-0.05, 0) is 42.8 Å². The van der Waals surface area contributed by atoms with Crippen LogP contribution in [-0.4, -0.2) is 13.0 Å². The molecule has 0 radical (unpaired) electrons. The van der Waals surface area contributed by atoms with Gasteiger partial charge in [0.2, 0.25) is 0 Å². The molecule has 0 aliphatic heterocycles. The zero-order chi connectivity index (χ0) is 13.1. The molecular weight excluding hydrogens is 229 g/mol. The lowest BCUT2D eigenvalue weighted by Crippen LogP contribution is -2.26. The topological polar surface area (TPSA) is 20.3 Å². The minimum absolute atomic E-state index is 0.140. The van der Waals surface area contributed by atoms with Crippen LogP contribution in [0.2, 0.25) is 0 Å². The minimum Gasteiger partial charge on any atom is -0.311 e. The average molecular weight is 243 g/mol. The van der Waals surface area contributed by atoms with E-state index in [0.717, 1.165) is 5.69 Å². The number of carbonyl (C=O) groups excluding carboxylic acids is 1. The Labute approximate surface area is 106 Å². The minimum atomic E-state index is -0.327.